The summed E-state index contributed by atoms with van der Waals surface area (Å²) >= 11 is 0. The molecule has 0 aliphatic carbocycles. The molecule has 1 amide bonds. The average Bonchev–Trinajstić information content (AvgIpc) is 3.14. The van der Waals surface area contributed by atoms with E-state index in [-0.39, 0.29) is 29.4 Å². The van der Waals surface area contributed by atoms with Gasteiger partial charge in [-0.2, -0.15) is 0 Å². The van der Waals surface area contributed by atoms with Crippen molar-refractivity contribution in [3.05, 3.63) is 28.7 Å². The van der Waals surface area contributed by atoms with Crippen molar-refractivity contribution in [3.8, 4) is 0 Å². The topological polar surface area (TPSA) is 116 Å². The molecule has 2 heterocycles. The van der Waals surface area contributed by atoms with E-state index >= 15 is 0 Å². The lowest BCUT2D eigenvalue weighted by Crippen LogP contribution is -2.42. The number of sulfonamides is 1. The first-order valence-electron chi connectivity index (χ1n) is 8.72. The Bertz CT molecular complexity index is 994. The van der Waals surface area contributed by atoms with Crippen LogP contribution in [-0.2, 0) is 14.8 Å². The van der Waals surface area contributed by atoms with Crippen LogP contribution in [0.4, 0.5) is 0 Å². The number of aromatic nitrogens is 1. The largest absolute Gasteiger partial charge is 0.417 e. The maximum atomic E-state index is 12.6. The second kappa shape index (κ2) is 7.45. The van der Waals surface area contributed by atoms with Crippen LogP contribution >= 0.6 is 0 Å². The Labute approximate surface area is 157 Å². The van der Waals surface area contributed by atoms with Gasteiger partial charge in [0.05, 0.1) is 10.4 Å². The molecule has 1 fully saturated rings. The van der Waals surface area contributed by atoms with Gasteiger partial charge < -0.3 is 9.32 Å². The Morgan fingerprint density at radius 1 is 1.33 bits per heavy atom. The summed E-state index contributed by atoms with van der Waals surface area (Å²) in [6.45, 7) is 0.255. The quantitative estimate of drug-likeness (QED) is 0.728. The van der Waals surface area contributed by atoms with Crippen LogP contribution < -0.4 is 10.5 Å². The molecule has 0 saturated carbocycles. The molecule has 2 N–H and O–H groups in total. The summed E-state index contributed by atoms with van der Waals surface area (Å²) in [6.07, 6.45) is 2.10. The Morgan fingerprint density at radius 3 is 2.74 bits per heavy atom. The number of fused-ring (bicyclic) bond motifs is 1. The normalized spacial score (nSPS) is 21.0. The molecule has 2 aromatic rings. The molecule has 1 aliphatic rings. The van der Waals surface area contributed by atoms with Gasteiger partial charge in [-0.3, -0.25) is 14.7 Å². The zero-order valence-corrected chi connectivity index (χ0v) is 16.4. The number of likely N-dealkylation sites (tertiary alicyclic amines) is 1. The minimum Gasteiger partial charge on any atom is -0.408 e. The van der Waals surface area contributed by atoms with Gasteiger partial charge in [-0.15, -0.1) is 0 Å². The van der Waals surface area contributed by atoms with Crippen LogP contribution in [0.25, 0.3) is 11.1 Å². The number of carbonyl (C=O) groups excluding carboxylic acids is 1. The van der Waals surface area contributed by atoms with Crippen molar-refractivity contribution < 1.29 is 17.6 Å². The number of H-pyrrole nitrogens is 1. The number of amides is 1. The maximum absolute atomic E-state index is 12.6. The molecule has 0 radical (unpaired) electrons. The van der Waals surface area contributed by atoms with Crippen molar-refractivity contribution in [1.82, 2.24) is 19.5 Å². The minimum absolute atomic E-state index is 0.0252. The number of benzene rings is 1. The zero-order chi connectivity index (χ0) is 19.8. The number of oxazole rings is 1. The molecule has 0 bridgehead atoms. The molecule has 1 saturated heterocycles. The van der Waals surface area contributed by atoms with Crippen LogP contribution in [0.2, 0.25) is 0 Å². The van der Waals surface area contributed by atoms with Crippen molar-refractivity contribution in [3.63, 3.8) is 0 Å². The predicted molar refractivity (Wildman–Crippen MR) is 99.9 cm³/mol. The van der Waals surface area contributed by atoms with Gasteiger partial charge in [0.15, 0.2) is 5.58 Å². The minimum atomic E-state index is -3.72. The van der Waals surface area contributed by atoms with Crippen LogP contribution in [0.15, 0.2) is 32.3 Å². The van der Waals surface area contributed by atoms with Crippen molar-refractivity contribution >= 4 is 27.0 Å². The smallest absolute Gasteiger partial charge is 0.408 e. The average molecular weight is 396 g/mol. The molecule has 0 unspecified atom stereocenters. The highest BCUT2D eigenvalue weighted by Crippen LogP contribution is 2.25. The van der Waals surface area contributed by atoms with Gasteiger partial charge in [0.25, 0.3) is 0 Å². The van der Waals surface area contributed by atoms with Gasteiger partial charge in [-0.1, -0.05) is 0 Å². The number of likely N-dealkylation sites (N-methyl/N-ethyl adjacent to an activating group) is 1. The van der Waals surface area contributed by atoms with Crippen LogP contribution in [0.1, 0.15) is 19.3 Å². The second-order valence-corrected chi connectivity index (χ2v) is 8.83. The van der Waals surface area contributed by atoms with Crippen LogP contribution in [-0.4, -0.2) is 68.9 Å². The Morgan fingerprint density at radius 2 is 2.04 bits per heavy atom. The van der Waals surface area contributed by atoms with E-state index in [0.717, 1.165) is 12.8 Å². The number of rotatable bonds is 6. The van der Waals surface area contributed by atoms with E-state index in [2.05, 4.69) is 14.6 Å². The molecular formula is C17H24N4O5S. The Hall–Kier alpha value is -2.17. The van der Waals surface area contributed by atoms with E-state index < -0.39 is 15.8 Å². The fraction of sp³-hybridized carbons (Fsp3) is 0.529. The lowest BCUT2D eigenvalue weighted by molar-refractivity contribution is -0.129. The summed E-state index contributed by atoms with van der Waals surface area (Å²) in [6, 6.07) is 4.36. The summed E-state index contributed by atoms with van der Waals surface area (Å²) in [4.78, 5) is 29.3. The highest BCUT2D eigenvalue weighted by molar-refractivity contribution is 7.89. The molecular weight excluding hydrogens is 372 g/mol. The molecule has 9 nitrogen and oxygen atoms in total. The lowest BCUT2D eigenvalue weighted by Gasteiger charge is -2.26. The van der Waals surface area contributed by atoms with Gasteiger partial charge >= 0.3 is 5.76 Å². The summed E-state index contributed by atoms with van der Waals surface area (Å²) in [5.74, 6) is -0.561. The summed E-state index contributed by atoms with van der Waals surface area (Å²) in [5.41, 5.74) is 0.644. The number of hydrogen-bond donors (Lipinski definition) is 2. The summed E-state index contributed by atoms with van der Waals surface area (Å²) < 4.78 is 32.7. The third-order valence-corrected chi connectivity index (χ3v) is 6.53. The van der Waals surface area contributed by atoms with Gasteiger partial charge in [-0.25, -0.2) is 17.9 Å². The van der Waals surface area contributed by atoms with E-state index in [1.165, 1.54) is 18.2 Å². The molecule has 1 aromatic heterocycles. The first-order valence-corrected chi connectivity index (χ1v) is 10.2. The predicted octanol–water partition coefficient (Wildman–Crippen LogP) is 0.341. The molecule has 3 rings (SSSR count). The first-order chi connectivity index (χ1) is 12.7. The fourth-order valence-electron chi connectivity index (χ4n) is 3.35. The molecule has 2 atom stereocenters. The van der Waals surface area contributed by atoms with E-state index in [0.29, 0.717) is 17.5 Å². The molecule has 10 heteroatoms. The molecule has 1 aromatic carbocycles. The number of carbonyl (C=O) groups is 1. The van der Waals surface area contributed by atoms with E-state index in [9.17, 15) is 18.0 Å². The third-order valence-electron chi connectivity index (χ3n) is 5.10. The van der Waals surface area contributed by atoms with Crippen molar-refractivity contribution in [1.29, 1.82) is 0 Å². The number of nitrogens with zero attached hydrogens (tertiary/aromatic N) is 2. The Balaban J connectivity index is 1.64. The van der Waals surface area contributed by atoms with Gasteiger partial charge in [0, 0.05) is 39.1 Å². The standard InChI is InChI=1S/C17H24N4O5S/c1-20(2)16(22)8-11-4-5-12(21(11)3)10-18-27(24,25)13-6-7-15-14(9-13)19-17(23)26-15/h6-7,9,11-12,18H,4-5,8,10H2,1-3H3,(H,19,23)/t11-,12+/m1/s1. The van der Waals surface area contributed by atoms with Gasteiger partial charge in [0.1, 0.15) is 0 Å². The van der Waals surface area contributed by atoms with E-state index in [1.807, 2.05) is 7.05 Å². The molecule has 148 valence electrons. The van der Waals surface area contributed by atoms with Crippen LogP contribution in [0.5, 0.6) is 0 Å². The van der Waals surface area contributed by atoms with Crippen LogP contribution in [0.3, 0.4) is 0 Å². The van der Waals surface area contributed by atoms with Crippen molar-refractivity contribution in [2.24, 2.45) is 0 Å². The van der Waals surface area contributed by atoms with Crippen molar-refractivity contribution in [2.75, 3.05) is 27.7 Å². The summed E-state index contributed by atoms with van der Waals surface area (Å²) in [7, 11) is 1.65. The maximum Gasteiger partial charge on any atom is 0.417 e. The van der Waals surface area contributed by atoms with E-state index in [1.54, 1.807) is 19.0 Å². The van der Waals surface area contributed by atoms with E-state index in [4.69, 9.17) is 4.42 Å². The first kappa shape index (κ1) is 19.6. The van der Waals surface area contributed by atoms with Crippen LogP contribution in [0, 0.1) is 0 Å². The summed E-state index contributed by atoms with van der Waals surface area (Å²) in [5, 5.41) is 0. The number of aromatic amines is 1. The molecule has 0 spiro atoms. The monoisotopic (exact) mass is 396 g/mol. The van der Waals surface area contributed by atoms with Crippen molar-refractivity contribution in [2.45, 2.75) is 36.2 Å². The lowest BCUT2D eigenvalue weighted by atomic mass is 10.1. The third kappa shape index (κ3) is 4.23. The van der Waals surface area contributed by atoms with Gasteiger partial charge in [0.2, 0.25) is 15.9 Å². The van der Waals surface area contributed by atoms with Gasteiger partial charge in [-0.05, 0) is 38.1 Å². The highest BCUT2D eigenvalue weighted by atomic mass is 32.2. The second-order valence-electron chi connectivity index (χ2n) is 7.07. The zero-order valence-electron chi connectivity index (χ0n) is 15.6. The SMILES string of the molecule is CN(C)C(=O)C[C@H]1CC[C@@H](CNS(=O)(=O)c2ccc3oc(=O)[nH]c3c2)N1C. The number of nitrogens with one attached hydrogen (secondary N) is 2. The fourth-order valence-corrected chi connectivity index (χ4v) is 4.45. The number of hydrogen-bond acceptors (Lipinski definition) is 6. The molecule has 27 heavy (non-hydrogen) atoms. The molecule has 1 aliphatic heterocycles. The Kier molecular flexibility index (Phi) is 5.41. The highest BCUT2D eigenvalue weighted by Gasteiger charge is 2.32.